The number of hydrogen-bond donors (Lipinski definition) is 2. The first kappa shape index (κ1) is 19.8. The molecule has 28 heavy (non-hydrogen) atoms. The number of cyclic esters (lactones) is 1. The van der Waals surface area contributed by atoms with Crippen molar-refractivity contribution >= 4 is 29.3 Å². The summed E-state index contributed by atoms with van der Waals surface area (Å²) in [6.07, 6.45) is -1.51. The number of nitrogens with one attached hydrogen (secondary N) is 1. The van der Waals surface area contributed by atoms with Crippen molar-refractivity contribution in [1.82, 2.24) is 10.4 Å². The van der Waals surface area contributed by atoms with E-state index in [-0.39, 0.29) is 29.9 Å². The molecule has 2 fully saturated rings. The smallest absolute Gasteiger partial charge is 0.414 e. The van der Waals surface area contributed by atoms with E-state index in [4.69, 9.17) is 9.84 Å². The van der Waals surface area contributed by atoms with Gasteiger partial charge in [-0.25, -0.2) is 9.18 Å². The van der Waals surface area contributed by atoms with Gasteiger partial charge in [0.25, 0.3) is 0 Å². The van der Waals surface area contributed by atoms with Gasteiger partial charge in [-0.2, -0.15) is 0 Å². The van der Waals surface area contributed by atoms with Gasteiger partial charge in [-0.3, -0.25) is 14.5 Å². The number of amides is 3. The molecule has 2 N–H and O–H groups in total. The highest BCUT2D eigenvalue weighted by atomic mass is 19.1. The number of benzene rings is 1. The molecule has 2 heterocycles. The Hall–Kier alpha value is -2.92. The molecule has 10 nitrogen and oxygen atoms in total. The average Bonchev–Trinajstić information content (AvgIpc) is 2.98. The number of hydroxylamine groups is 2. The van der Waals surface area contributed by atoms with Crippen LogP contribution in [0.15, 0.2) is 18.2 Å². The maximum absolute atomic E-state index is 14.5. The van der Waals surface area contributed by atoms with Gasteiger partial charge in [0.05, 0.1) is 24.0 Å². The molecule has 1 aromatic rings. The third-order valence-corrected chi connectivity index (χ3v) is 4.57. The van der Waals surface area contributed by atoms with Gasteiger partial charge in [0.2, 0.25) is 11.8 Å². The highest BCUT2D eigenvalue weighted by Gasteiger charge is 2.34. The van der Waals surface area contributed by atoms with Crippen LogP contribution >= 0.6 is 0 Å². The largest absolute Gasteiger partial charge is 0.756 e. The van der Waals surface area contributed by atoms with Gasteiger partial charge in [-0.15, -0.1) is 0 Å². The molecule has 0 saturated carbocycles. The highest BCUT2D eigenvalue weighted by Crippen LogP contribution is 2.30. The summed E-state index contributed by atoms with van der Waals surface area (Å²) < 4.78 is 19.6. The predicted molar refractivity (Wildman–Crippen MR) is 96.0 cm³/mol. The lowest BCUT2D eigenvalue weighted by Crippen LogP contribution is -2.60. The summed E-state index contributed by atoms with van der Waals surface area (Å²) in [4.78, 5) is 37.1. The summed E-state index contributed by atoms with van der Waals surface area (Å²) in [6, 6.07) is 4.11. The molecule has 2 saturated heterocycles. The number of carbonyl (C=O) groups excluding carboxylic acids is 3. The Kier molecular flexibility index (Phi) is 5.66. The molecular weight excluding hydrogens is 375 g/mol. The Morgan fingerprint density at radius 2 is 2.11 bits per heavy atom. The topological polar surface area (TPSA) is 125 Å². The van der Waals surface area contributed by atoms with Gasteiger partial charge < -0.3 is 30.3 Å². The zero-order chi connectivity index (χ0) is 20.4. The number of carbonyl (C=O) groups is 3. The van der Waals surface area contributed by atoms with Gasteiger partial charge in [0.1, 0.15) is 18.5 Å². The summed E-state index contributed by atoms with van der Waals surface area (Å²) in [6.45, 7) is 1.07. The summed E-state index contributed by atoms with van der Waals surface area (Å²) >= 11 is 0. The van der Waals surface area contributed by atoms with E-state index >= 15 is 0 Å². The number of rotatable bonds is 6. The fraction of sp³-hybridized carbons (Fsp3) is 0.471. The van der Waals surface area contributed by atoms with E-state index < -0.39 is 36.4 Å². The van der Waals surface area contributed by atoms with E-state index in [9.17, 15) is 24.0 Å². The highest BCUT2D eigenvalue weighted by molar-refractivity contribution is 5.90. The molecule has 0 spiro atoms. The van der Waals surface area contributed by atoms with Crippen molar-refractivity contribution in [2.75, 3.05) is 42.6 Å². The molecule has 152 valence electrons. The molecule has 0 bridgehead atoms. The molecule has 2 aliphatic rings. The fourth-order valence-electron chi connectivity index (χ4n) is 3.10. The van der Waals surface area contributed by atoms with Crippen LogP contribution in [-0.2, 0) is 14.3 Å². The van der Waals surface area contributed by atoms with Crippen molar-refractivity contribution in [3.63, 3.8) is 0 Å². The zero-order valence-electron chi connectivity index (χ0n) is 15.1. The van der Waals surface area contributed by atoms with Crippen LogP contribution in [0.2, 0.25) is 0 Å². The zero-order valence-corrected chi connectivity index (χ0v) is 15.1. The molecule has 1 aromatic carbocycles. The Morgan fingerprint density at radius 1 is 1.39 bits per heavy atom. The van der Waals surface area contributed by atoms with E-state index in [2.05, 4.69) is 5.32 Å². The van der Waals surface area contributed by atoms with Crippen LogP contribution in [0.4, 0.5) is 20.6 Å². The van der Waals surface area contributed by atoms with Crippen LogP contribution in [0.3, 0.4) is 0 Å². The fourth-order valence-corrected chi connectivity index (χ4v) is 3.10. The number of aliphatic hydroxyl groups excluding tert-OH is 1. The lowest BCUT2D eigenvalue weighted by molar-refractivity contribution is -0.127. The number of halogens is 1. The van der Waals surface area contributed by atoms with Gasteiger partial charge in [-0.1, -0.05) is 0 Å². The number of ether oxygens (including phenoxy) is 1. The third-order valence-electron chi connectivity index (χ3n) is 4.57. The van der Waals surface area contributed by atoms with E-state index in [1.807, 2.05) is 0 Å². The Labute approximate surface area is 160 Å². The van der Waals surface area contributed by atoms with Crippen LogP contribution in [0.25, 0.3) is 0 Å². The van der Waals surface area contributed by atoms with Crippen LogP contribution in [-0.4, -0.2) is 73.0 Å². The number of nitrogens with zero attached hydrogens (tertiary/aromatic N) is 3. The first-order valence-electron chi connectivity index (χ1n) is 8.66. The van der Waals surface area contributed by atoms with Crippen molar-refractivity contribution in [1.29, 1.82) is 0 Å². The molecule has 2 aliphatic heterocycles. The van der Waals surface area contributed by atoms with E-state index in [1.165, 1.54) is 17.0 Å². The van der Waals surface area contributed by atoms with Crippen molar-refractivity contribution in [3.05, 3.63) is 29.2 Å². The number of aliphatic hydroxyl groups is 1. The number of hydrogen-bond acceptors (Lipinski definition) is 7. The molecule has 3 rings (SSSR count). The van der Waals surface area contributed by atoms with Crippen LogP contribution in [0.5, 0.6) is 0 Å². The molecule has 0 aromatic heterocycles. The quantitative estimate of drug-likeness (QED) is 0.639. The summed E-state index contributed by atoms with van der Waals surface area (Å²) in [5, 5.41) is 23.0. The van der Waals surface area contributed by atoms with Gasteiger partial charge >= 0.3 is 6.09 Å². The molecule has 1 atom stereocenters. The van der Waals surface area contributed by atoms with Crippen molar-refractivity contribution in [2.45, 2.75) is 19.1 Å². The van der Waals surface area contributed by atoms with Crippen LogP contribution < -0.4 is 15.1 Å². The summed E-state index contributed by atoms with van der Waals surface area (Å²) in [5.74, 6) is -1.72. The molecule has 3 amide bonds. The van der Waals surface area contributed by atoms with Crippen LogP contribution in [0.1, 0.15) is 6.92 Å². The first-order valence-corrected chi connectivity index (χ1v) is 8.66. The van der Waals surface area contributed by atoms with Gasteiger partial charge in [0, 0.05) is 26.6 Å². The molecule has 1 unspecified atom stereocenters. The second kappa shape index (κ2) is 7.98. The second-order valence-electron chi connectivity index (χ2n) is 6.66. The summed E-state index contributed by atoms with van der Waals surface area (Å²) in [7, 11) is 0. The van der Waals surface area contributed by atoms with E-state index in [0.29, 0.717) is 18.8 Å². The SMILES string of the molecule is CC(=O)N([O-])CC1CN(c2ccc(N3CC(NC(=O)CO)C3)c(F)c2)C(=O)O1. The van der Waals surface area contributed by atoms with Gasteiger partial charge in [0.15, 0.2) is 0 Å². The van der Waals surface area contributed by atoms with E-state index in [1.54, 1.807) is 11.0 Å². The lowest BCUT2D eigenvalue weighted by Gasteiger charge is -2.41. The standard InChI is InChI=1S/C17H20FN4O6/c1-10(24)22(27)8-13-7-21(17(26)28-13)12-2-3-15(14(18)4-12)20-5-11(6-20)19-16(25)9-23/h2-4,11,13,23H,5-9H2,1H3,(H,19,25)/q-1. The lowest BCUT2D eigenvalue weighted by atomic mass is 10.1. The van der Waals surface area contributed by atoms with Crippen molar-refractivity contribution in [2.24, 2.45) is 0 Å². The maximum Gasteiger partial charge on any atom is 0.414 e. The van der Waals surface area contributed by atoms with E-state index in [0.717, 1.165) is 6.92 Å². The monoisotopic (exact) mass is 395 g/mol. The number of anilines is 2. The minimum absolute atomic E-state index is 0.0304. The van der Waals surface area contributed by atoms with Gasteiger partial charge in [-0.05, 0) is 18.2 Å². The molecule has 11 heteroatoms. The second-order valence-corrected chi connectivity index (χ2v) is 6.66. The average molecular weight is 395 g/mol. The third kappa shape index (κ3) is 4.15. The molecule has 0 radical (unpaired) electrons. The normalized spacial score (nSPS) is 19.3. The molecule has 0 aliphatic carbocycles. The Bertz CT molecular complexity index is 785. The van der Waals surface area contributed by atoms with Crippen LogP contribution in [0, 0.1) is 11.0 Å². The Morgan fingerprint density at radius 3 is 2.71 bits per heavy atom. The molecular formula is C17H20FN4O6-. The maximum atomic E-state index is 14.5. The summed E-state index contributed by atoms with van der Waals surface area (Å²) in [5.41, 5.74) is 0.601. The predicted octanol–water partition coefficient (Wildman–Crippen LogP) is -0.206. The first-order chi connectivity index (χ1) is 13.3. The minimum atomic E-state index is -0.789. The van der Waals surface area contributed by atoms with Crippen molar-refractivity contribution in [3.8, 4) is 0 Å². The minimum Gasteiger partial charge on any atom is -0.756 e. The Balaban J connectivity index is 1.61. The van der Waals surface area contributed by atoms with Crippen molar-refractivity contribution < 1.29 is 28.6 Å².